The average molecular weight is 322 g/mol. The number of nitrogens with one attached hydrogen (secondary N) is 1. The Hall–Kier alpha value is -3.25. The number of aromatic nitrogens is 1. The fourth-order valence-corrected chi connectivity index (χ4v) is 2.71. The van der Waals surface area contributed by atoms with E-state index in [9.17, 15) is 10.5 Å². The lowest BCUT2D eigenvalue weighted by Gasteiger charge is -2.21. The third-order valence-corrected chi connectivity index (χ3v) is 3.96. The monoisotopic (exact) mass is 322 g/mol. The first-order chi connectivity index (χ1) is 11.6. The van der Waals surface area contributed by atoms with Crippen LogP contribution in [-0.4, -0.2) is 20.2 Å². The fourth-order valence-electron chi connectivity index (χ4n) is 2.71. The SMILES string of the molecule is CCN(CC)c1ccc(-c2c(C#N)c(N)[nH+]c(OC)c2C#N)cc1. The molecular weight excluding hydrogens is 302 g/mol. The molecule has 1 aromatic carbocycles. The minimum absolute atomic E-state index is 0.177. The molecule has 122 valence electrons. The quantitative estimate of drug-likeness (QED) is 0.910. The smallest absolute Gasteiger partial charge is 0.300 e. The Morgan fingerprint density at radius 2 is 1.67 bits per heavy atom. The summed E-state index contributed by atoms with van der Waals surface area (Å²) in [6.45, 7) is 6.00. The van der Waals surface area contributed by atoms with Gasteiger partial charge in [0.15, 0.2) is 5.56 Å². The number of anilines is 2. The van der Waals surface area contributed by atoms with Crippen LogP contribution in [-0.2, 0) is 0 Å². The highest BCUT2D eigenvalue weighted by Gasteiger charge is 2.24. The van der Waals surface area contributed by atoms with E-state index in [-0.39, 0.29) is 22.8 Å². The van der Waals surface area contributed by atoms with E-state index in [1.807, 2.05) is 24.3 Å². The zero-order valence-electron chi connectivity index (χ0n) is 14.1. The summed E-state index contributed by atoms with van der Waals surface area (Å²) in [5.74, 6) is 0.424. The van der Waals surface area contributed by atoms with E-state index in [1.165, 1.54) is 7.11 Å². The number of nitriles is 2. The predicted molar refractivity (Wildman–Crippen MR) is 92.4 cm³/mol. The van der Waals surface area contributed by atoms with Gasteiger partial charge < -0.3 is 9.64 Å². The molecule has 0 amide bonds. The maximum absolute atomic E-state index is 9.51. The van der Waals surface area contributed by atoms with E-state index >= 15 is 0 Å². The number of hydrogen-bond donors (Lipinski definition) is 1. The molecule has 1 aromatic heterocycles. The number of nitrogen functional groups attached to an aromatic ring is 1. The van der Waals surface area contributed by atoms with Crippen molar-refractivity contribution in [1.82, 2.24) is 0 Å². The van der Waals surface area contributed by atoms with Crippen molar-refractivity contribution in [2.24, 2.45) is 0 Å². The predicted octanol–water partition coefficient (Wildman–Crippen LogP) is 2.35. The van der Waals surface area contributed by atoms with Crippen LogP contribution in [0.5, 0.6) is 5.88 Å². The Bertz CT molecular complexity index is 811. The zero-order valence-corrected chi connectivity index (χ0v) is 14.1. The first-order valence-electron chi connectivity index (χ1n) is 7.69. The molecule has 0 saturated carbocycles. The lowest BCUT2D eigenvalue weighted by atomic mass is 9.96. The molecule has 6 heteroatoms. The zero-order chi connectivity index (χ0) is 17.7. The van der Waals surface area contributed by atoms with Crippen molar-refractivity contribution >= 4 is 11.5 Å². The molecule has 0 spiro atoms. The maximum atomic E-state index is 9.51. The van der Waals surface area contributed by atoms with Crippen molar-refractivity contribution in [2.45, 2.75) is 13.8 Å². The highest BCUT2D eigenvalue weighted by molar-refractivity contribution is 5.81. The van der Waals surface area contributed by atoms with Crippen LogP contribution in [0.4, 0.5) is 11.5 Å². The number of nitrogens with zero attached hydrogens (tertiary/aromatic N) is 3. The van der Waals surface area contributed by atoms with Crippen LogP contribution < -0.4 is 20.4 Å². The second-order valence-corrected chi connectivity index (χ2v) is 5.14. The Balaban J connectivity index is 2.66. The van der Waals surface area contributed by atoms with Crippen LogP contribution in [0.3, 0.4) is 0 Å². The lowest BCUT2D eigenvalue weighted by Crippen LogP contribution is -2.21. The maximum Gasteiger partial charge on any atom is 0.300 e. The van der Waals surface area contributed by atoms with Gasteiger partial charge in [-0.3, -0.25) is 5.73 Å². The second kappa shape index (κ2) is 7.34. The van der Waals surface area contributed by atoms with Gasteiger partial charge in [-0.25, -0.2) is 4.98 Å². The molecule has 0 aliphatic carbocycles. The molecule has 0 atom stereocenters. The van der Waals surface area contributed by atoms with Gasteiger partial charge in [-0.1, -0.05) is 12.1 Å². The van der Waals surface area contributed by atoms with E-state index in [2.05, 4.69) is 35.9 Å². The number of benzene rings is 1. The van der Waals surface area contributed by atoms with E-state index < -0.39 is 0 Å². The highest BCUT2D eigenvalue weighted by atomic mass is 16.5. The number of methoxy groups -OCH3 is 1. The van der Waals surface area contributed by atoms with Crippen LogP contribution in [0, 0.1) is 22.7 Å². The number of aromatic amines is 1. The molecule has 0 aliphatic heterocycles. The number of ether oxygens (including phenoxy) is 1. The average Bonchev–Trinajstić information content (AvgIpc) is 2.62. The lowest BCUT2D eigenvalue weighted by molar-refractivity contribution is -0.376. The van der Waals surface area contributed by atoms with Crippen LogP contribution in [0.25, 0.3) is 11.1 Å². The van der Waals surface area contributed by atoms with Gasteiger partial charge in [-0.15, -0.1) is 0 Å². The molecule has 0 unspecified atom stereocenters. The molecule has 0 saturated heterocycles. The van der Waals surface area contributed by atoms with Gasteiger partial charge in [0.1, 0.15) is 17.7 Å². The molecule has 1 heterocycles. The Morgan fingerprint density at radius 3 is 2.12 bits per heavy atom. The summed E-state index contributed by atoms with van der Waals surface area (Å²) >= 11 is 0. The van der Waals surface area contributed by atoms with E-state index in [0.717, 1.165) is 24.3 Å². The first kappa shape index (κ1) is 17.1. The van der Waals surface area contributed by atoms with Gasteiger partial charge in [-0.2, -0.15) is 10.5 Å². The Morgan fingerprint density at radius 1 is 1.08 bits per heavy atom. The number of H-pyrrole nitrogens is 1. The molecule has 2 aromatic rings. The van der Waals surface area contributed by atoms with Crippen molar-refractivity contribution in [2.75, 3.05) is 30.8 Å². The largest absolute Gasteiger partial charge is 0.465 e. The van der Waals surface area contributed by atoms with Gasteiger partial charge in [-0.05, 0) is 31.5 Å². The third kappa shape index (κ3) is 2.95. The molecule has 6 nitrogen and oxygen atoms in total. The van der Waals surface area contributed by atoms with Crippen LogP contribution >= 0.6 is 0 Å². The Kier molecular flexibility index (Phi) is 5.23. The van der Waals surface area contributed by atoms with Crippen LogP contribution in [0.2, 0.25) is 0 Å². The summed E-state index contributed by atoms with van der Waals surface area (Å²) in [6.07, 6.45) is 0. The number of rotatable bonds is 5. The van der Waals surface area contributed by atoms with E-state index in [0.29, 0.717) is 5.56 Å². The van der Waals surface area contributed by atoms with Gasteiger partial charge in [0.2, 0.25) is 0 Å². The van der Waals surface area contributed by atoms with E-state index in [4.69, 9.17) is 10.5 Å². The molecule has 2 rings (SSSR count). The Labute approximate surface area is 141 Å². The summed E-state index contributed by atoms with van der Waals surface area (Å²) < 4.78 is 5.20. The first-order valence-corrected chi connectivity index (χ1v) is 7.69. The third-order valence-electron chi connectivity index (χ3n) is 3.96. The number of hydrogen-bond acceptors (Lipinski definition) is 5. The van der Waals surface area contributed by atoms with E-state index in [1.54, 1.807) is 0 Å². The highest BCUT2D eigenvalue weighted by Crippen LogP contribution is 2.33. The fraction of sp³-hybridized carbons (Fsp3) is 0.278. The summed E-state index contributed by atoms with van der Waals surface area (Å²) in [6, 6.07) is 11.9. The van der Waals surface area contributed by atoms with Gasteiger partial charge in [0, 0.05) is 24.3 Å². The van der Waals surface area contributed by atoms with Crippen molar-refractivity contribution < 1.29 is 9.72 Å². The summed E-state index contributed by atoms with van der Waals surface area (Å²) in [5.41, 5.74) is 8.74. The molecule has 3 N–H and O–H groups in total. The van der Waals surface area contributed by atoms with Crippen LogP contribution in [0.1, 0.15) is 25.0 Å². The topological polar surface area (TPSA) is 100 Å². The van der Waals surface area contributed by atoms with Crippen molar-refractivity contribution in [3.63, 3.8) is 0 Å². The standard InChI is InChI=1S/C18H19N5O/c1-4-23(5-2)13-8-6-12(7-9-13)16-14(10-19)17(21)22-18(24-3)15(16)11-20/h6-9H,4-5H2,1-3H3,(H2,21,22)/p+1. The summed E-state index contributed by atoms with van der Waals surface area (Å²) in [7, 11) is 1.45. The molecular formula is C18H20N5O+. The molecule has 0 radical (unpaired) electrons. The summed E-state index contributed by atoms with van der Waals surface area (Å²) in [4.78, 5) is 4.97. The number of nitrogens with two attached hydrogens (primary N) is 1. The van der Waals surface area contributed by atoms with Crippen molar-refractivity contribution in [3.05, 3.63) is 35.4 Å². The van der Waals surface area contributed by atoms with Gasteiger partial charge >= 0.3 is 5.88 Å². The minimum Gasteiger partial charge on any atom is -0.465 e. The molecule has 0 aliphatic rings. The normalized spacial score (nSPS) is 9.88. The summed E-state index contributed by atoms with van der Waals surface area (Å²) in [5, 5.41) is 19.0. The second-order valence-electron chi connectivity index (χ2n) is 5.14. The van der Waals surface area contributed by atoms with Crippen LogP contribution in [0.15, 0.2) is 24.3 Å². The van der Waals surface area contributed by atoms with Crippen molar-refractivity contribution in [3.8, 4) is 29.1 Å². The van der Waals surface area contributed by atoms with Crippen molar-refractivity contribution in [1.29, 1.82) is 10.5 Å². The van der Waals surface area contributed by atoms with Gasteiger partial charge in [0.05, 0.1) is 7.11 Å². The number of pyridine rings is 1. The molecule has 0 bridgehead atoms. The minimum atomic E-state index is 0.177. The molecule has 0 fully saturated rings. The van der Waals surface area contributed by atoms with Gasteiger partial charge in [0.25, 0.3) is 5.82 Å². The molecule has 24 heavy (non-hydrogen) atoms.